The third kappa shape index (κ3) is 22.1. The lowest BCUT2D eigenvalue weighted by Crippen LogP contribution is -2.73. The van der Waals surface area contributed by atoms with Gasteiger partial charge in [-0.15, -0.1) is 0 Å². The van der Waals surface area contributed by atoms with Crippen LogP contribution in [0.4, 0.5) is 17.3 Å². The van der Waals surface area contributed by atoms with E-state index >= 15 is 0 Å². The third-order valence-corrected chi connectivity index (χ3v) is 5.81. The molecular weight excluding hydrogens is 405 g/mol. The number of rotatable bonds is 17. The molecule has 0 bridgehead atoms. The third-order valence-electron chi connectivity index (χ3n) is 5.81. The van der Waals surface area contributed by atoms with Gasteiger partial charge in [-0.2, -0.15) is 0 Å². The molecule has 0 heterocycles. The average molecular weight is 453 g/mol. The molecule has 0 spiro atoms. The molecular formula is C24H48BF4NO. The maximum atomic E-state index is 12.3. The van der Waals surface area contributed by atoms with Crippen LogP contribution in [0.15, 0.2) is 12.2 Å². The minimum Gasteiger partial charge on any atom is -0.418 e. The summed E-state index contributed by atoms with van der Waals surface area (Å²) in [5.74, 6) is 0.591. The first kappa shape index (κ1) is 32.3. The molecule has 0 rings (SSSR count). The van der Waals surface area contributed by atoms with Gasteiger partial charge in [0.2, 0.25) is 0 Å². The fourth-order valence-corrected chi connectivity index (χ4v) is 4.09. The summed E-state index contributed by atoms with van der Waals surface area (Å²) in [6.07, 6.45) is 17.6. The SMILES string of the molecule is C=C(C)C(=O)C(C)C(CCCCCCCCCCCCCC)C(C)(C)[NH3+].F[B-](F)(F)F. The van der Waals surface area contributed by atoms with Crippen molar-refractivity contribution in [1.29, 1.82) is 0 Å². The van der Waals surface area contributed by atoms with Gasteiger partial charge in [0.1, 0.15) is 0 Å². The molecule has 0 aromatic carbocycles. The molecule has 0 aromatic rings. The summed E-state index contributed by atoms with van der Waals surface area (Å²) in [6, 6.07) is 0. The van der Waals surface area contributed by atoms with Gasteiger partial charge in [0.25, 0.3) is 0 Å². The summed E-state index contributed by atoms with van der Waals surface area (Å²) in [6.45, 7) is 14.3. The molecule has 0 fully saturated rings. The number of hydrogen-bond donors (Lipinski definition) is 1. The number of unbranched alkanes of at least 4 members (excludes halogenated alkanes) is 11. The second-order valence-corrected chi connectivity index (χ2v) is 9.70. The van der Waals surface area contributed by atoms with Gasteiger partial charge in [-0.25, -0.2) is 0 Å². The molecule has 0 aliphatic heterocycles. The molecule has 0 aromatic heterocycles. The van der Waals surface area contributed by atoms with Gasteiger partial charge in [-0.1, -0.05) is 97.5 Å². The van der Waals surface area contributed by atoms with Gasteiger partial charge in [0.15, 0.2) is 5.78 Å². The summed E-state index contributed by atoms with van der Waals surface area (Å²) in [4.78, 5) is 12.3. The second kappa shape index (κ2) is 17.7. The quantitative estimate of drug-likeness (QED) is 0.104. The van der Waals surface area contributed by atoms with Crippen LogP contribution in [0.3, 0.4) is 0 Å². The molecule has 0 saturated carbocycles. The first-order valence-corrected chi connectivity index (χ1v) is 12.1. The van der Waals surface area contributed by atoms with E-state index in [2.05, 4.69) is 40.0 Å². The van der Waals surface area contributed by atoms with Crippen LogP contribution in [-0.4, -0.2) is 18.6 Å². The lowest BCUT2D eigenvalue weighted by atomic mass is 9.73. The van der Waals surface area contributed by atoms with Crippen LogP contribution in [-0.2, 0) is 4.79 Å². The molecule has 0 radical (unpaired) electrons. The highest BCUT2D eigenvalue weighted by atomic mass is 19.5. The Morgan fingerprint density at radius 3 is 1.48 bits per heavy atom. The topological polar surface area (TPSA) is 44.7 Å². The molecule has 2 nitrogen and oxygen atoms in total. The van der Waals surface area contributed by atoms with Crippen LogP contribution in [0.25, 0.3) is 0 Å². The van der Waals surface area contributed by atoms with Gasteiger partial charge in [-0.3, -0.25) is 4.79 Å². The van der Waals surface area contributed by atoms with Gasteiger partial charge in [0, 0.05) is 11.8 Å². The molecule has 2 unspecified atom stereocenters. The molecule has 0 aliphatic carbocycles. The minimum atomic E-state index is -6.00. The Bertz CT molecular complexity index is 469. The number of quaternary nitrogens is 1. The highest BCUT2D eigenvalue weighted by molar-refractivity contribution is 6.50. The molecule has 2 atom stereocenters. The smallest absolute Gasteiger partial charge is 0.418 e. The molecule has 0 aliphatic rings. The zero-order chi connectivity index (χ0) is 24.5. The van der Waals surface area contributed by atoms with Gasteiger partial charge in [0.05, 0.1) is 5.54 Å². The second-order valence-electron chi connectivity index (χ2n) is 9.70. The Labute approximate surface area is 188 Å². The predicted octanol–water partition coefficient (Wildman–Crippen LogP) is 7.80. The Hall–Kier alpha value is -0.845. The maximum Gasteiger partial charge on any atom is 0.673 e. The lowest BCUT2D eigenvalue weighted by Gasteiger charge is -2.32. The number of ketones is 1. The summed E-state index contributed by atoms with van der Waals surface area (Å²) in [5, 5.41) is 0. The van der Waals surface area contributed by atoms with Crippen LogP contribution < -0.4 is 5.73 Å². The zero-order valence-corrected chi connectivity index (χ0v) is 20.8. The predicted molar refractivity (Wildman–Crippen MR) is 125 cm³/mol. The van der Waals surface area contributed by atoms with Crippen LogP contribution in [0, 0.1) is 11.8 Å². The van der Waals surface area contributed by atoms with Gasteiger partial charge in [-0.05, 0) is 32.8 Å². The van der Waals surface area contributed by atoms with Gasteiger partial charge < -0.3 is 23.0 Å². The van der Waals surface area contributed by atoms with E-state index in [-0.39, 0.29) is 17.2 Å². The zero-order valence-electron chi connectivity index (χ0n) is 20.8. The summed E-state index contributed by atoms with van der Waals surface area (Å²) < 4.78 is 39.0. The van der Waals surface area contributed by atoms with E-state index in [1.165, 1.54) is 77.0 Å². The van der Waals surface area contributed by atoms with Crippen LogP contribution in [0.5, 0.6) is 0 Å². The number of halogens is 4. The van der Waals surface area contributed by atoms with E-state index in [9.17, 15) is 22.1 Å². The summed E-state index contributed by atoms with van der Waals surface area (Å²) >= 11 is 0. The normalized spacial score (nSPS) is 13.9. The Kier molecular flexibility index (Phi) is 18.4. The molecule has 0 saturated heterocycles. The van der Waals surface area contributed by atoms with Crippen molar-refractivity contribution in [2.75, 3.05) is 0 Å². The molecule has 7 heteroatoms. The fraction of sp³-hybridized carbons (Fsp3) is 0.875. The maximum absolute atomic E-state index is 12.3. The first-order chi connectivity index (χ1) is 14.2. The van der Waals surface area contributed by atoms with Crippen molar-refractivity contribution >= 4 is 13.0 Å². The van der Waals surface area contributed by atoms with E-state index in [4.69, 9.17) is 0 Å². The summed E-state index contributed by atoms with van der Waals surface area (Å²) in [7, 11) is -6.00. The van der Waals surface area contributed by atoms with Crippen molar-refractivity contribution in [3.05, 3.63) is 12.2 Å². The molecule has 0 amide bonds. The van der Waals surface area contributed by atoms with Crippen molar-refractivity contribution in [3.63, 3.8) is 0 Å². The van der Waals surface area contributed by atoms with E-state index < -0.39 is 7.25 Å². The van der Waals surface area contributed by atoms with Crippen molar-refractivity contribution in [2.45, 2.75) is 124 Å². The molecule has 3 N–H and O–H groups in total. The number of Topliss-reactive ketones (excluding diaryl/α,β-unsaturated/α-hetero) is 1. The van der Waals surface area contributed by atoms with Crippen LogP contribution in [0.2, 0.25) is 0 Å². The highest BCUT2D eigenvalue weighted by Gasteiger charge is 2.36. The fourth-order valence-electron chi connectivity index (χ4n) is 4.09. The van der Waals surface area contributed by atoms with Crippen molar-refractivity contribution in [1.82, 2.24) is 0 Å². The Morgan fingerprint density at radius 2 is 1.19 bits per heavy atom. The van der Waals surface area contributed by atoms with E-state index in [1.807, 2.05) is 6.92 Å². The lowest BCUT2D eigenvalue weighted by molar-refractivity contribution is -0.482. The largest absolute Gasteiger partial charge is 0.673 e. The van der Waals surface area contributed by atoms with Crippen molar-refractivity contribution < 1.29 is 27.8 Å². The Balaban J connectivity index is 0. The average Bonchev–Trinajstić information content (AvgIpc) is 2.62. The number of allylic oxidation sites excluding steroid dienone is 1. The van der Waals surface area contributed by atoms with Gasteiger partial charge >= 0.3 is 7.25 Å². The molecule has 31 heavy (non-hydrogen) atoms. The Morgan fingerprint density at radius 1 is 0.871 bits per heavy atom. The van der Waals surface area contributed by atoms with Crippen LogP contribution >= 0.6 is 0 Å². The van der Waals surface area contributed by atoms with E-state index in [0.29, 0.717) is 11.5 Å². The van der Waals surface area contributed by atoms with Crippen molar-refractivity contribution in [2.24, 2.45) is 11.8 Å². The van der Waals surface area contributed by atoms with Crippen molar-refractivity contribution in [3.8, 4) is 0 Å². The minimum absolute atomic E-state index is 0.0349. The number of carbonyl (C=O) groups excluding carboxylic acids is 1. The van der Waals surface area contributed by atoms with E-state index in [0.717, 1.165) is 6.42 Å². The van der Waals surface area contributed by atoms with E-state index in [1.54, 1.807) is 0 Å². The highest BCUT2D eigenvalue weighted by Crippen LogP contribution is 2.29. The first-order valence-electron chi connectivity index (χ1n) is 12.1. The number of carbonyl (C=O) groups is 1. The number of hydrogen-bond acceptors (Lipinski definition) is 1. The molecule has 186 valence electrons. The monoisotopic (exact) mass is 453 g/mol. The summed E-state index contributed by atoms with van der Waals surface area (Å²) in [5.41, 5.74) is 4.94. The standard InChI is InChI=1S/C24H47NO.BF4/c1-7-8-9-10-11-12-13-14-15-16-17-18-19-22(24(5,6)25)21(4)23(26)20(2)3;2-1(3,4)5/h21-22H,2,7-19,25H2,1,3-6H3;/q;-1/p+1. The van der Waals surface area contributed by atoms with Crippen LogP contribution in [0.1, 0.15) is 118 Å².